The van der Waals surface area contributed by atoms with Gasteiger partial charge in [-0.2, -0.15) is 6.07 Å². The summed E-state index contributed by atoms with van der Waals surface area (Å²) in [6.07, 6.45) is 25.9. The normalized spacial score (nSPS) is 18.6. The van der Waals surface area contributed by atoms with E-state index in [2.05, 4.69) is 193 Å². The Balaban J connectivity index is 0.00000800. The Morgan fingerprint density at radius 3 is 1.74 bits per heavy atom. The minimum absolute atomic E-state index is 0. The molecule has 5 heterocycles. The van der Waals surface area contributed by atoms with E-state index >= 15 is 0 Å². The van der Waals surface area contributed by atoms with Crippen LogP contribution >= 0.6 is 0 Å². The average Bonchev–Trinajstić information content (AvgIpc) is 1.57. The molecule has 0 saturated carbocycles. The van der Waals surface area contributed by atoms with Crippen LogP contribution in [-0.2, 0) is 37.3 Å². The molecule has 2 N–H and O–H groups in total. The number of allylic oxidation sites excluding steroid dienone is 8. The first-order valence-corrected chi connectivity index (χ1v) is 28.1. The van der Waals surface area contributed by atoms with E-state index in [1.807, 2.05) is 128 Å². The van der Waals surface area contributed by atoms with Crippen LogP contribution in [0, 0.1) is 18.8 Å². The van der Waals surface area contributed by atoms with Crippen LogP contribution in [0.3, 0.4) is 0 Å². The van der Waals surface area contributed by atoms with Gasteiger partial charge in [0.2, 0.25) is 0 Å². The fraction of sp³-hybridized carbons (Fsp3) is 0.135. The molecular weight excluding hydrogens is 1210 g/mol. The molecule has 0 spiro atoms. The monoisotopic (exact) mass is 1270 g/mol. The van der Waals surface area contributed by atoms with Crippen LogP contribution in [0.2, 0.25) is 0 Å². The van der Waals surface area contributed by atoms with Crippen molar-refractivity contribution in [2.24, 2.45) is 0 Å². The summed E-state index contributed by atoms with van der Waals surface area (Å²) < 4.78 is 45.3. The summed E-state index contributed by atoms with van der Waals surface area (Å²) >= 11 is 0. The molecule has 7 nitrogen and oxygen atoms in total. The van der Waals surface area contributed by atoms with Gasteiger partial charge in [0.05, 0.1) is 5.48 Å². The number of nitrogens with zero attached hydrogens (tertiary/aromatic N) is 4. The van der Waals surface area contributed by atoms with Crippen molar-refractivity contribution < 1.29 is 31.3 Å². The number of fused-ring (bicyclic) bond motifs is 4. The third kappa shape index (κ3) is 11.5. The first kappa shape index (κ1) is 52.1. The molecule has 0 aliphatic carbocycles. The molecule has 84 heavy (non-hydrogen) atoms. The third-order valence-corrected chi connectivity index (χ3v) is 15.5. The standard InChI is InChI=1S/C74H65B2N6O.Pt/c1-72(2,3)55-44-57(49-59(45-55)83-58-34-35-61-60-28-14-15-31-66(60)82(69(61)50-58)70-48-54(36-43-79-70)74(7,52-24-10-8-11-25-52)53-26-12-9-13-27-53)80-51-81(68-33-17-16-32-67(68)80)71-62(64-29-22-41-77-39-20-18-37-75-64)46-56(73(4,5)6)47-63(71)65-30-23-42-78-40-21-19-38-76-65;/h8-48,51,77-78H,1-7H3;/q-3;/b37-18-,38-19-,39-20-,40-21-,41-22-,42-23-,64-29-,65-30-;/i14D,15D,28D,31D;. The molecule has 2 aromatic heterocycles. The number of nitrogens with one attached hydrogen (secondary N) is 2. The van der Waals surface area contributed by atoms with Crippen molar-refractivity contribution in [3.8, 4) is 17.3 Å². The molecule has 2 radical (unpaired) electrons. The van der Waals surface area contributed by atoms with E-state index in [9.17, 15) is 2.74 Å². The number of hydrogen-bond donors (Lipinski definition) is 2. The average molecular weight is 1280 g/mol. The van der Waals surface area contributed by atoms with Crippen LogP contribution in [0.5, 0.6) is 11.5 Å². The molecule has 9 aromatic rings. The van der Waals surface area contributed by atoms with Gasteiger partial charge in [0, 0.05) is 91.6 Å². The van der Waals surface area contributed by atoms with Crippen molar-refractivity contribution in [1.29, 1.82) is 0 Å². The number of anilines is 4. The van der Waals surface area contributed by atoms with Crippen molar-refractivity contribution in [2.45, 2.75) is 64.7 Å². The van der Waals surface area contributed by atoms with Gasteiger partial charge in [-0.05, 0) is 123 Å². The Morgan fingerprint density at radius 1 is 0.548 bits per heavy atom. The minimum atomic E-state index is -0.628. The Labute approximate surface area is 517 Å². The van der Waals surface area contributed by atoms with E-state index in [1.165, 1.54) is 5.56 Å². The van der Waals surface area contributed by atoms with Crippen LogP contribution in [0.25, 0.3) is 38.6 Å². The fourth-order valence-electron chi connectivity index (χ4n) is 11.0. The third-order valence-electron chi connectivity index (χ3n) is 15.5. The predicted octanol–water partition coefficient (Wildman–Crippen LogP) is 17.3. The number of hydrogen-bond acceptors (Lipinski definition) is 6. The van der Waals surface area contributed by atoms with E-state index in [1.54, 1.807) is 10.8 Å². The van der Waals surface area contributed by atoms with Gasteiger partial charge in [-0.1, -0.05) is 173 Å². The summed E-state index contributed by atoms with van der Waals surface area (Å²) in [4.78, 5) is 9.46. The first-order chi connectivity index (χ1) is 42.0. The summed E-state index contributed by atoms with van der Waals surface area (Å²) in [7, 11) is 4.34. The zero-order valence-electron chi connectivity index (χ0n) is 52.1. The van der Waals surface area contributed by atoms with Gasteiger partial charge in [-0.15, -0.1) is 65.6 Å². The molecule has 0 fully saturated rings. The number of pyridine rings is 1. The molecule has 0 bridgehead atoms. The number of benzene rings is 7. The summed E-state index contributed by atoms with van der Waals surface area (Å²) in [6.45, 7) is 17.7. The van der Waals surface area contributed by atoms with Crippen LogP contribution in [0.4, 0.5) is 22.7 Å². The van der Waals surface area contributed by atoms with E-state index in [4.69, 9.17) is 12.5 Å². The number of para-hydroxylation sites is 3. The summed E-state index contributed by atoms with van der Waals surface area (Å²) in [6, 6.07) is 52.0. The maximum absolute atomic E-state index is 9.43. The van der Waals surface area contributed by atoms with Gasteiger partial charge in [0.1, 0.15) is 5.82 Å². The summed E-state index contributed by atoms with van der Waals surface area (Å²) in [5.74, 6) is 5.43. The number of ether oxygens (including phenoxy) is 1. The smallest absolute Gasteiger partial charge is 0.182 e. The number of aromatic nitrogens is 2. The second-order valence-electron chi connectivity index (χ2n) is 23.0. The molecule has 0 amide bonds. The molecule has 7 aromatic carbocycles. The molecular formula is C74H65B2N6OPt-3. The predicted molar refractivity (Wildman–Crippen MR) is 349 cm³/mol. The fourth-order valence-corrected chi connectivity index (χ4v) is 11.0. The van der Waals surface area contributed by atoms with Gasteiger partial charge < -0.3 is 29.7 Å². The Kier molecular flexibility index (Phi) is 15.0. The second kappa shape index (κ2) is 24.2. The molecule has 10 heteroatoms. The minimum Gasteiger partial charge on any atom is -0.509 e. The molecule has 416 valence electrons. The van der Waals surface area contributed by atoms with Crippen molar-refractivity contribution >= 4 is 70.1 Å². The molecule has 3 aliphatic heterocycles. The van der Waals surface area contributed by atoms with E-state index in [-0.39, 0.29) is 56.1 Å². The quantitative estimate of drug-likeness (QED) is 0.105. The molecule has 12 rings (SSSR count). The van der Waals surface area contributed by atoms with Crippen LogP contribution in [0.1, 0.15) is 92.9 Å². The second-order valence-corrected chi connectivity index (χ2v) is 23.0. The zero-order chi connectivity index (χ0) is 60.6. The van der Waals surface area contributed by atoms with Crippen molar-refractivity contribution in [3.05, 3.63) is 307 Å². The van der Waals surface area contributed by atoms with E-state index in [0.29, 0.717) is 39.1 Å². The van der Waals surface area contributed by atoms with Crippen molar-refractivity contribution in [2.75, 3.05) is 9.80 Å². The Hall–Kier alpha value is -8.77. The zero-order valence-corrected chi connectivity index (χ0v) is 50.4. The Morgan fingerprint density at radius 2 is 1.12 bits per heavy atom. The van der Waals surface area contributed by atoms with E-state index < -0.39 is 5.41 Å². The van der Waals surface area contributed by atoms with Gasteiger partial charge in [-0.25, -0.2) is 4.98 Å². The van der Waals surface area contributed by atoms with Crippen molar-refractivity contribution in [3.63, 3.8) is 0 Å². The largest absolute Gasteiger partial charge is 0.509 e. The Bertz CT molecular complexity index is 4290. The molecule has 0 unspecified atom stereocenters. The molecule has 0 saturated heterocycles. The SMILES string of the molecule is [2H]c1c([2H])c([2H])c2c(c1[2H])c1ccc(Oc3[c-]c(N4[CH-]N(c5c(/C6=C/C=C\N/C=C\C=C/[B]6)cc(C(C)(C)C)cc5/C5=C/C=C\N/C=C\C=C/[B]5)c5ccccc54)cc(C(C)(C)C)c3)[c-]c1n2-c1cc(C(C)(c2ccccc2)c2ccccc2)ccn1.[Pt]. The molecule has 0 atom stereocenters. The molecule has 3 aliphatic rings. The van der Waals surface area contributed by atoms with Gasteiger partial charge in [0.25, 0.3) is 0 Å². The van der Waals surface area contributed by atoms with Crippen LogP contribution < -0.4 is 25.2 Å². The van der Waals surface area contributed by atoms with Crippen LogP contribution in [0.15, 0.2) is 249 Å². The van der Waals surface area contributed by atoms with Gasteiger partial charge in [0.15, 0.2) is 14.6 Å². The topological polar surface area (TPSA) is 57.6 Å². The van der Waals surface area contributed by atoms with E-state index in [0.717, 1.165) is 67.1 Å². The van der Waals surface area contributed by atoms with Crippen LogP contribution in [-0.4, -0.2) is 24.1 Å². The van der Waals surface area contributed by atoms with Gasteiger partial charge in [-0.3, -0.25) is 0 Å². The number of rotatable bonds is 10. The maximum Gasteiger partial charge on any atom is 0.182 e. The summed E-state index contributed by atoms with van der Waals surface area (Å²) in [5.41, 5.74) is 12.7. The van der Waals surface area contributed by atoms with Gasteiger partial charge >= 0.3 is 0 Å². The van der Waals surface area contributed by atoms with Crippen molar-refractivity contribution in [1.82, 2.24) is 20.2 Å². The first-order valence-electron chi connectivity index (χ1n) is 30.1. The maximum atomic E-state index is 9.43. The summed E-state index contributed by atoms with van der Waals surface area (Å²) in [5, 5.41) is 7.46.